The Morgan fingerprint density at radius 3 is 2.35 bits per heavy atom. The van der Waals surface area contributed by atoms with Gasteiger partial charge in [-0.3, -0.25) is 4.79 Å². The summed E-state index contributed by atoms with van der Waals surface area (Å²) >= 11 is 0. The third-order valence-corrected chi connectivity index (χ3v) is 13.5. The second kappa shape index (κ2) is 11.6. The third kappa shape index (κ3) is 7.38. The number of aromatic amines is 1. The number of phenols is 1. The lowest BCUT2D eigenvalue weighted by molar-refractivity contribution is 0.0222. The first kappa shape index (κ1) is 31.1. The highest BCUT2D eigenvalue weighted by atomic mass is 28.3. The fourth-order valence-corrected chi connectivity index (χ4v) is 6.90. The minimum Gasteiger partial charge on any atom is -0.506 e. The largest absolute Gasteiger partial charge is 0.506 e. The van der Waals surface area contributed by atoms with Gasteiger partial charge in [0.1, 0.15) is 17.1 Å². The molecule has 0 aliphatic rings. The lowest BCUT2D eigenvalue weighted by atomic mass is 9.95. The van der Waals surface area contributed by atoms with Gasteiger partial charge in [0.2, 0.25) is 5.56 Å². The number of carbonyl (C=O) groups is 1. The predicted octanol–water partition coefficient (Wildman–Crippen LogP) is 6.85. The molecule has 0 saturated heterocycles. The number of nitrogens with zero attached hydrogens (tertiary/aromatic N) is 1. The van der Waals surface area contributed by atoms with Gasteiger partial charge >= 0.3 is 6.09 Å². The van der Waals surface area contributed by atoms with E-state index in [1.54, 1.807) is 36.3 Å². The Labute approximate surface area is 238 Å². The number of rotatable bonds is 8. The van der Waals surface area contributed by atoms with Gasteiger partial charge in [0.25, 0.3) is 0 Å². The molecule has 0 aliphatic heterocycles. The van der Waals surface area contributed by atoms with E-state index in [4.69, 9.17) is 15.2 Å². The van der Waals surface area contributed by atoms with Crippen LogP contribution in [0.4, 0.5) is 10.5 Å². The van der Waals surface area contributed by atoms with E-state index in [0.717, 1.165) is 22.6 Å². The van der Waals surface area contributed by atoms with Crippen LogP contribution in [0.2, 0.25) is 24.2 Å². The summed E-state index contributed by atoms with van der Waals surface area (Å²) < 4.78 is 11.5. The number of hydrogen-bond donors (Lipinski definition) is 3. The number of phenolic OH excluding ortho intramolecular Hbond substituents is 1. The maximum atomic E-state index is 13.7. The molecular weight excluding hydrogens is 522 g/mol. The molecule has 0 saturated carbocycles. The lowest BCUT2D eigenvalue weighted by Crippen LogP contribution is -2.43. The van der Waals surface area contributed by atoms with Gasteiger partial charge in [-0.1, -0.05) is 46.0 Å². The Balaban J connectivity index is 2.17. The van der Waals surface area contributed by atoms with E-state index >= 15 is 0 Å². The van der Waals surface area contributed by atoms with E-state index in [9.17, 15) is 14.7 Å². The van der Waals surface area contributed by atoms with E-state index in [1.165, 1.54) is 6.07 Å². The van der Waals surface area contributed by atoms with Crippen LogP contribution in [0.15, 0.2) is 47.3 Å². The lowest BCUT2D eigenvalue weighted by Gasteiger charge is -2.41. The summed E-state index contributed by atoms with van der Waals surface area (Å²) in [6.07, 6.45) is -0.428. The van der Waals surface area contributed by atoms with E-state index in [0.29, 0.717) is 23.5 Å². The summed E-state index contributed by atoms with van der Waals surface area (Å²) in [6, 6.07) is 13.0. The summed E-state index contributed by atoms with van der Waals surface area (Å²) in [5, 5.41) is 11.4. The fourth-order valence-electron chi connectivity index (χ4n) is 4.70. The van der Waals surface area contributed by atoms with Crippen molar-refractivity contribution in [2.75, 3.05) is 19.4 Å². The molecule has 9 heteroatoms. The predicted molar refractivity (Wildman–Crippen MR) is 165 cm³/mol. The van der Waals surface area contributed by atoms with Gasteiger partial charge in [0.05, 0.1) is 27.2 Å². The molecule has 0 radical (unpaired) electrons. The van der Waals surface area contributed by atoms with Crippen LogP contribution in [0.5, 0.6) is 11.5 Å². The quantitative estimate of drug-likeness (QED) is 0.202. The fraction of sp³-hybridized carbons (Fsp3) is 0.484. The number of nitrogens with one attached hydrogen (secondary N) is 1. The highest BCUT2D eigenvalue weighted by Gasteiger charge is 2.39. The van der Waals surface area contributed by atoms with Crippen molar-refractivity contribution in [1.29, 1.82) is 0 Å². The van der Waals surface area contributed by atoms with Crippen molar-refractivity contribution in [3.05, 3.63) is 63.9 Å². The van der Waals surface area contributed by atoms with Crippen LogP contribution < -0.4 is 16.0 Å². The molecule has 3 rings (SSSR count). The topological polar surface area (TPSA) is 118 Å². The van der Waals surface area contributed by atoms with Crippen molar-refractivity contribution in [2.24, 2.45) is 0 Å². The van der Waals surface area contributed by atoms with E-state index in [-0.39, 0.29) is 28.8 Å². The molecule has 0 bridgehead atoms. The van der Waals surface area contributed by atoms with E-state index in [2.05, 4.69) is 38.8 Å². The molecule has 1 atom stereocenters. The van der Waals surface area contributed by atoms with Crippen LogP contribution in [-0.4, -0.2) is 48.4 Å². The number of nitrogen functional groups attached to an aromatic ring is 1. The number of carbonyl (C=O) groups excluding carboxylic acids is 1. The smallest absolute Gasteiger partial charge is 0.410 e. The zero-order valence-electron chi connectivity index (χ0n) is 25.3. The number of ether oxygens (including phenoxy) is 2. The standard InChI is InChI=1S/C31H45N3O5Si/c1-30(2,3)39-29(37)34(17-20-10-11-22(32)16-26(20)38-7)18-21(19-40(8,9)31(4,5)6)23-12-14-25(35)28-24(23)13-15-27(36)33-28/h10-16,21,35H,17-19,32H2,1-9H3,(H,33,36)/t21-/m1/s1. The number of pyridine rings is 1. The van der Waals surface area contributed by atoms with Crippen molar-refractivity contribution in [3.8, 4) is 11.5 Å². The van der Waals surface area contributed by atoms with Gasteiger partial charge in [-0.25, -0.2) is 4.79 Å². The van der Waals surface area contributed by atoms with Crippen molar-refractivity contribution in [1.82, 2.24) is 9.88 Å². The van der Waals surface area contributed by atoms with Gasteiger partial charge in [0, 0.05) is 41.2 Å². The maximum Gasteiger partial charge on any atom is 0.410 e. The molecule has 2 aromatic carbocycles. The first-order valence-corrected chi connectivity index (χ1v) is 16.9. The maximum absolute atomic E-state index is 13.7. The zero-order chi connectivity index (χ0) is 30.0. The summed E-state index contributed by atoms with van der Waals surface area (Å²) in [7, 11) is -0.300. The molecule has 0 fully saturated rings. The number of hydrogen-bond acceptors (Lipinski definition) is 6. The molecule has 1 aromatic heterocycles. The molecule has 1 heterocycles. The Kier molecular flexibility index (Phi) is 8.98. The molecule has 0 aliphatic carbocycles. The van der Waals surface area contributed by atoms with Crippen LogP contribution in [-0.2, 0) is 11.3 Å². The first-order chi connectivity index (χ1) is 18.4. The average molecular weight is 568 g/mol. The molecule has 218 valence electrons. The molecule has 0 spiro atoms. The molecule has 40 heavy (non-hydrogen) atoms. The van der Waals surface area contributed by atoms with E-state index < -0.39 is 19.8 Å². The summed E-state index contributed by atoms with van der Waals surface area (Å²) in [5.41, 5.74) is 7.78. The highest BCUT2D eigenvalue weighted by molar-refractivity contribution is 6.80. The van der Waals surface area contributed by atoms with Crippen LogP contribution in [0, 0.1) is 0 Å². The highest BCUT2D eigenvalue weighted by Crippen LogP contribution is 2.44. The summed E-state index contributed by atoms with van der Waals surface area (Å²) in [4.78, 5) is 30.3. The van der Waals surface area contributed by atoms with Crippen LogP contribution in [0.3, 0.4) is 0 Å². The second-order valence-corrected chi connectivity index (χ2v) is 18.9. The Morgan fingerprint density at radius 2 is 1.75 bits per heavy atom. The van der Waals surface area contributed by atoms with E-state index in [1.807, 2.05) is 32.9 Å². The van der Waals surface area contributed by atoms with Crippen molar-refractivity contribution >= 4 is 30.8 Å². The van der Waals surface area contributed by atoms with Gasteiger partial charge < -0.3 is 30.2 Å². The Morgan fingerprint density at radius 1 is 1.07 bits per heavy atom. The molecule has 3 aromatic rings. The molecule has 4 N–H and O–H groups in total. The van der Waals surface area contributed by atoms with Gasteiger partial charge in [-0.2, -0.15) is 0 Å². The molecule has 0 unspecified atom stereocenters. The number of methoxy groups -OCH3 is 1. The zero-order valence-corrected chi connectivity index (χ0v) is 26.3. The van der Waals surface area contributed by atoms with Crippen molar-refractivity contribution in [2.45, 2.75) is 83.8 Å². The van der Waals surface area contributed by atoms with Crippen LogP contribution in [0.25, 0.3) is 10.9 Å². The van der Waals surface area contributed by atoms with Crippen LogP contribution >= 0.6 is 0 Å². The number of fused-ring (bicyclic) bond motifs is 1. The number of anilines is 1. The Bertz CT molecular complexity index is 1420. The molecular formula is C31H45N3O5Si. The van der Waals surface area contributed by atoms with Crippen LogP contribution in [0.1, 0.15) is 58.6 Å². The third-order valence-electron chi connectivity index (χ3n) is 7.90. The number of nitrogens with two attached hydrogens (primary N) is 1. The van der Waals surface area contributed by atoms with Crippen molar-refractivity contribution in [3.63, 3.8) is 0 Å². The monoisotopic (exact) mass is 567 g/mol. The first-order valence-electron chi connectivity index (χ1n) is 13.7. The SMILES string of the molecule is COc1cc(N)ccc1CN(C[C@H](C[Si](C)(C)C(C)(C)C)c1ccc(O)c2[nH]c(=O)ccc12)C(=O)OC(C)(C)C. The summed E-state index contributed by atoms with van der Waals surface area (Å²) in [5.74, 6) is 0.516. The molecule has 1 amide bonds. The van der Waals surface area contributed by atoms with Gasteiger partial charge in [-0.15, -0.1) is 0 Å². The number of benzene rings is 2. The minimum atomic E-state index is -1.88. The number of aromatic nitrogens is 1. The normalized spacial score (nSPS) is 13.2. The van der Waals surface area contributed by atoms with Crippen molar-refractivity contribution < 1.29 is 19.4 Å². The summed E-state index contributed by atoms with van der Waals surface area (Å²) in [6.45, 7) is 17.7. The Hall–Kier alpha value is -3.46. The number of amides is 1. The minimum absolute atomic E-state index is 0.0122. The van der Waals surface area contributed by atoms with Gasteiger partial charge in [-0.05, 0) is 55.6 Å². The molecule has 8 nitrogen and oxygen atoms in total. The number of H-pyrrole nitrogens is 1. The second-order valence-electron chi connectivity index (χ2n) is 13.3. The average Bonchev–Trinajstić information content (AvgIpc) is 2.82. The number of aromatic hydroxyl groups is 1. The van der Waals surface area contributed by atoms with Gasteiger partial charge in [0.15, 0.2) is 0 Å².